The fourth-order valence-corrected chi connectivity index (χ4v) is 3.03. The molecule has 2 aromatic rings. The van der Waals surface area contributed by atoms with E-state index in [1.807, 2.05) is 13.8 Å². The molecule has 1 amide bonds. The van der Waals surface area contributed by atoms with Crippen molar-refractivity contribution in [1.29, 1.82) is 0 Å². The quantitative estimate of drug-likeness (QED) is 0.927. The summed E-state index contributed by atoms with van der Waals surface area (Å²) in [5, 5.41) is 13.7. The van der Waals surface area contributed by atoms with Crippen molar-refractivity contribution in [3.8, 4) is 0 Å². The molecule has 1 fully saturated rings. The Morgan fingerprint density at radius 3 is 2.78 bits per heavy atom. The summed E-state index contributed by atoms with van der Waals surface area (Å²) in [6, 6.07) is 1.38. The van der Waals surface area contributed by atoms with Gasteiger partial charge in [0.25, 0.3) is 5.91 Å². The lowest BCUT2D eigenvalue weighted by Gasteiger charge is -2.20. The Morgan fingerprint density at radius 2 is 2.22 bits per heavy atom. The van der Waals surface area contributed by atoms with Crippen molar-refractivity contribution >= 4 is 5.91 Å². The van der Waals surface area contributed by atoms with Gasteiger partial charge in [0.05, 0.1) is 6.10 Å². The molecule has 3 heterocycles. The average Bonchev–Trinajstić information content (AvgIpc) is 3.23. The number of likely N-dealkylation sites (tertiary alicyclic amines) is 1. The van der Waals surface area contributed by atoms with Crippen molar-refractivity contribution in [1.82, 2.24) is 15.0 Å². The molecule has 3 rings (SSSR count). The van der Waals surface area contributed by atoms with Crippen LogP contribution in [0.2, 0.25) is 0 Å². The minimum Gasteiger partial charge on any atom is -0.456 e. The number of aromatic nitrogens is 2. The molecule has 2 aromatic heterocycles. The van der Waals surface area contributed by atoms with E-state index in [1.54, 1.807) is 17.9 Å². The second-order valence-corrected chi connectivity index (χ2v) is 5.81. The number of hydrogen-bond acceptors (Lipinski definition) is 6. The van der Waals surface area contributed by atoms with Gasteiger partial charge in [0.15, 0.2) is 11.6 Å². The van der Waals surface area contributed by atoms with Gasteiger partial charge >= 0.3 is 0 Å². The summed E-state index contributed by atoms with van der Waals surface area (Å²) in [5.74, 6) is 1.74. The molecule has 7 heteroatoms. The number of amides is 1. The van der Waals surface area contributed by atoms with Gasteiger partial charge in [-0.25, -0.2) is 0 Å². The van der Waals surface area contributed by atoms with Gasteiger partial charge in [0, 0.05) is 19.4 Å². The number of furan rings is 1. The van der Waals surface area contributed by atoms with Crippen LogP contribution in [0.5, 0.6) is 0 Å². The predicted molar refractivity (Wildman–Crippen MR) is 80.9 cm³/mol. The molecule has 0 bridgehead atoms. The molecule has 1 saturated heterocycles. The highest BCUT2D eigenvalue weighted by Gasteiger charge is 2.40. The van der Waals surface area contributed by atoms with Crippen LogP contribution in [-0.2, 0) is 12.8 Å². The first kappa shape index (κ1) is 15.7. The maximum Gasteiger partial charge on any atom is 0.290 e. The number of carbonyl (C=O) groups is 1. The van der Waals surface area contributed by atoms with Gasteiger partial charge in [-0.2, -0.15) is 4.98 Å². The van der Waals surface area contributed by atoms with Crippen LogP contribution in [0.4, 0.5) is 0 Å². The van der Waals surface area contributed by atoms with Crippen molar-refractivity contribution in [2.24, 2.45) is 0 Å². The minimum absolute atomic E-state index is 0.231. The molecule has 1 N–H and O–H groups in total. The second-order valence-electron chi connectivity index (χ2n) is 5.81. The fourth-order valence-electron chi connectivity index (χ4n) is 3.03. The molecule has 0 aromatic carbocycles. The van der Waals surface area contributed by atoms with Crippen LogP contribution >= 0.6 is 0 Å². The van der Waals surface area contributed by atoms with Crippen LogP contribution in [0, 0.1) is 6.92 Å². The Kier molecular flexibility index (Phi) is 4.21. The molecule has 0 spiro atoms. The SMILES string of the molecule is CCc1cc(C(=O)N2C[C@@H](O)C[C@@H]2c2nc(C)no2)oc1CC. The zero-order chi connectivity index (χ0) is 16.6. The van der Waals surface area contributed by atoms with E-state index >= 15 is 0 Å². The Balaban J connectivity index is 1.89. The van der Waals surface area contributed by atoms with Crippen LogP contribution < -0.4 is 0 Å². The molecular weight excluding hydrogens is 298 g/mol. The van der Waals surface area contributed by atoms with Crippen molar-refractivity contribution in [3.63, 3.8) is 0 Å². The van der Waals surface area contributed by atoms with Gasteiger partial charge < -0.3 is 18.9 Å². The number of hydrogen-bond donors (Lipinski definition) is 1. The molecule has 1 aliphatic heterocycles. The Hall–Kier alpha value is -2.15. The molecule has 7 nitrogen and oxygen atoms in total. The van der Waals surface area contributed by atoms with Crippen LogP contribution in [0.25, 0.3) is 0 Å². The third-order valence-corrected chi connectivity index (χ3v) is 4.18. The lowest BCUT2D eigenvalue weighted by molar-refractivity contribution is 0.0659. The first-order valence-electron chi connectivity index (χ1n) is 7.94. The zero-order valence-electron chi connectivity index (χ0n) is 13.6. The largest absolute Gasteiger partial charge is 0.456 e. The van der Waals surface area contributed by atoms with E-state index in [9.17, 15) is 9.90 Å². The molecule has 0 radical (unpaired) electrons. The first-order valence-corrected chi connectivity index (χ1v) is 7.94. The highest BCUT2D eigenvalue weighted by molar-refractivity contribution is 5.92. The molecular formula is C16H21N3O4. The number of aliphatic hydroxyl groups excluding tert-OH is 1. The third-order valence-electron chi connectivity index (χ3n) is 4.18. The average molecular weight is 319 g/mol. The first-order chi connectivity index (χ1) is 11.0. The fraction of sp³-hybridized carbons (Fsp3) is 0.562. The normalized spacial score (nSPS) is 21.1. The summed E-state index contributed by atoms with van der Waals surface area (Å²) in [7, 11) is 0. The van der Waals surface area contributed by atoms with Crippen molar-refractivity contribution in [2.45, 2.75) is 52.2 Å². The number of β-amino-alcohol motifs (C(OH)–C–C–N with tert-alkyl or cyclic N) is 1. The topological polar surface area (TPSA) is 92.6 Å². The maximum atomic E-state index is 12.8. The summed E-state index contributed by atoms with van der Waals surface area (Å²) in [6.45, 7) is 5.98. The maximum absolute atomic E-state index is 12.8. The summed E-state index contributed by atoms with van der Waals surface area (Å²) in [4.78, 5) is 18.6. The summed E-state index contributed by atoms with van der Waals surface area (Å²) in [5.41, 5.74) is 1.04. The van der Waals surface area contributed by atoms with E-state index in [4.69, 9.17) is 8.94 Å². The van der Waals surface area contributed by atoms with Gasteiger partial charge in [-0.15, -0.1) is 0 Å². The highest BCUT2D eigenvalue weighted by atomic mass is 16.5. The van der Waals surface area contributed by atoms with E-state index in [0.717, 1.165) is 24.2 Å². The Labute approximate surface area is 134 Å². The van der Waals surface area contributed by atoms with E-state index in [2.05, 4.69) is 10.1 Å². The number of nitrogens with zero attached hydrogens (tertiary/aromatic N) is 3. The summed E-state index contributed by atoms with van der Waals surface area (Å²) >= 11 is 0. The zero-order valence-corrected chi connectivity index (χ0v) is 13.6. The van der Waals surface area contributed by atoms with E-state index in [-0.39, 0.29) is 12.5 Å². The minimum atomic E-state index is -0.609. The van der Waals surface area contributed by atoms with Gasteiger partial charge in [0.2, 0.25) is 5.89 Å². The smallest absolute Gasteiger partial charge is 0.290 e. The molecule has 0 unspecified atom stereocenters. The van der Waals surface area contributed by atoms with Crippen LogP contribution in [0.1, 0.15) is 59.9 Å². The molecule has 23 heavy (non-hydrogen) atoms. The third kappa shape index (κ3) is 2.88. The Bertz CT molecular complexity index is 684. The lowest BCUT2D eigenvalue weighted by Crippen LogP contribution is -2.31. The molecule has 0 saturated carbocycles. The second kappa shape index (κ2) is 6.16. The van der Waals surface area contributed by atoms with Crippen molar-refractivity contribution in [2.75, 3.05) is 6.54 Å². The van der Waals surface area contributed by atoms with E-state index in [0.29, 0.717) is 23.9 Å². The van der Waals surface area contributed by atoms with Crippen molar-refractivity contribution < 1.29 is 18.8 Å². The summed E-state index contributed by atoms with van der Waals surface area (Å²) < 4.78 is 10.9. The number of rotatable bonds is 4. The molecule has 1 aliphatic rings. The van der Waals surface area contributed by atoms with Crippen LogP contribution in [-0.4, -0.2) is 38.7 Å². The van der Waals surface area contributed by atoms with Gasteiger partial charge in [-0.05, 0) is 25.0 Å². The molecule has 2 atom stereocenters. The standard InChI is InChI=1S/C16H21N3O4/c1-4-10-6-14(22-13(10)5-2)16(21)19-8-11(20)7-12(19)15-17-9(3)18-23-15/h6,11-12,20H,4-5,7-8H2,1-3H3/t11-,12+/m0/s1. The van der Waals surface area contributed by atoms with Gasteiger partial charge in [-0.1, -0.05) is 19.0 Å². The van der Waals surface area contributed by atoms with Crippen LogP contribution in [0.3, 0.4) is 0 Å². The number of aliphatic hydroxyl groups is 1. The number of aryl methyl sites for hydroxylation is 3. The van der Waals surface area contributed by atoms with E-state index in [1.165, 1.54) is 0 Å². The molecule has 0 aliphatic carbocycles. The van der Waals surface area contributed by atoms with Crippen LogP contribution in [0.15, 0.2) is 15.0 Å². The Morgan fingerprint density at radius 1 is 1.43 bits per heavy atom. The number of carbonyl (C=O) groups excluding carboxylic acids is 1. The van der Waals surface area contributed by atoms with Crippen molar-refractivity contribution in [3.05, 3.63) is 34.9 Å². The van der Waals surface area contributed by atoms with Gasteiger partial charge in [-0.3, -0.25) is 4.79 Å². The molecule has 124 valence electrons. The lowest BCUT2D eigenvalue weighted by atomic mass is 10.1. The summed E-state index contributed by atoms with van der Waals surface area (Å²) in [6.07, 6.45) is 1.33. The monoisotopic (exact) mass is 319 g/mol. The van der Waals surface area contributed by atoms with Gasteiger partial charge in [0.1, 0.15) is 11.8 Å². The predicted octanol–water partition coefficient (Wildman–Crippen LogP) is 2.04. The van der Waals surface area contributed by atoms with E-state index < -0.39 is 12.1 Å². The highest BCUT2D eigenvalue weighted by Crippen LogP contribution is 2.33.